The van der Waals surface area contributed by atoms with E-state index in [0.29, 0.717) is 144 Å². The number of methoxy groups -OCH3 is 4. The first-order valence-corrected chi connectivity index (χ1v) is 36.9. The van der Waals surface area contributed by atoms with Crippen molar-refractivity contribution in [3.05, 3.63) is 248 Å². The number of fused-ring (bicyclic) bond motifs is 4. The molecule has 22 nitrogen and oxygen atoms in total. The van der Waals surface area contributed by atoms with Crippen molar-refractivity contribution in [2.45, 2.75) is 82.4 Å². The first-order valence-electron chi connectivity index (χ1n) is 35.5. The van der Waals surface area contributed by atoms with E-state index in [9.17, 15) is 39.0 Å². The van der Waals surface area contributed by atoms with Gasteiger partial charge in [0.05, 0.1) is 61.9 Å². The Kier molecular flexibility index (Phi) is 23.0. The molecule has 6 N–H and O–H groups in total. The number of hydrogen-bond acceptors (Lipinski definition) is 17. The van der Waals surface area contributed by atoms with Crippen LogP contribution < -0.4 is 81.3 Å². The van der Waals surface area contributed by atoms with E-state index in [1.807, 2.05) is 69.3 Å². The minimum atomic E-state index is -4.79. The van der Waals surface area contributed by atoms with Crippen LogP contribution in [-0.4, -0.2) is 85.5 Å². The Hall–Kier alpha value is -13.0. The molecule has 4 amide bonds. The van der Waals surface area contributed by atoms with Gasteiger partial charge in [0, 0.05) is 142 Å². The minimum Gasteiger partial charge on any atom is -0.545 e. The van der Waals surface area contributed by atoms with Crippen molar-refractivity contribution < 1.29 is 80.5 Å². The zero-order valence-corrected chi connectivity index (χ0v) is 62.0. The lowest BCUT2D eigenvalue weighted by Gasteiger charge is -2.24. The van der Waals surface area contributed by atoms with Gasteiger partial charge in [0.25, 0.3) is 0 Å². The summed E-state index contributed by atoms with van der Waals surface area (Å²) in [5.41, 5.74) is 7.35. The maximum atomic E-state index is 15.2. The number of ether oxygens (including phenoxy) is 5. The van der Waals surface area contributed by atoms with E-state index in [0.717, 1.165) is 47.2 Å². The Morgan fingerprint density at radius 1 is 0.514 bits per heavy atom. The first kappa shape index (κ1) is 75.7. The number of sulfone groups is 1. The molecule has 1 aliphatic carbocycles. The average molecular weight is 1480 g/mol. The molecule has 109 heavy (non-hydrogen) atoms. The van der Waals surface area contributed by atoms with Crippen LogP contribution in [0.5, 0.6) is 34.5 Å². The third-order valence-corrected chi connectivity index (χ3v) is 20.2. The molecule has 556 valence electrons. The van der Waals surface area contributed by atoms with Crippen molar-refractivity contribution in [2.24, 2.45) is 0 Å². The summed E-state index contributed by atoms with van der Waals surface area (Å²) in [5, 5.41) is 44.0. The number of nitrogens with one attached hydrogen (secondary N) is 6. The predicted octanol–water partition coefficient (Wildman–Crippen LogP) is 10.7. The average Bonchev–Trinajstić information content (AvgIpc) is 0.739. The highest BCUT2D eigenvalue weighted by molar-refractivity contribution is 7.91. The number of hydrogen-bond donors (Lipinski definition) is 6. The van der Waals surface area contributed by atoms with Crippen LogP contribution >= 0.6 is 0 Å². The number of carbonyl (C=O) groups is 6. The van der Waals surface area contributed by atoms with Gasteiger partial charge in [-0.2, -0.15) is 0 Å². The van der Waals surface area contributed by atoms with E-state index < -0.39 is 42.7 Å². The third kappa shape index (κ3) is 16.8. The predicted molar refractivity (Wildman–Crippen MR) is 411 cm³/mol. The summed E-state index contributed by atoms with van der Waals surface area (Å²) in [4.78, 5) is 80.0. The Morgan fingerprint density at radius 2 is 1.10 bits per heavy atom. The summed E-state index contributed by atoms with van der Waals surface area (Å²) in [6.07, 6.45) is 5.00. The highest BCUT2D eigenvalue weighted by atomic mass is 32.2. The number of carbonyl (C=O) groups excluding carboxylic acids is 6. The third-order valence-electron chi connectivity index (χ3n) is 18.5. The molecule has 2 aliphatic heterocycles. The number of carboxylic acid groups (broad SMARTS) is 2. The van der Waals surface area contributed by atoms with Crippen LogP contribution in [-0.2, 0) is 38.7 Å². The van der Waals surface area contributed by atoms with E-state index in [4.69, 9.17) is 28.1 Å². The van der Waals surface area contributed by atoms with Crippen LogP contribution in [0.1, 0.15) is 113 Å². The molecular formula is C86H79N6O16S-. The maximum Gasteiger partial charge on any atom is 0.319 e. The van der Waals surface area contributed by atoms with E-state index in [2.05, 4.69) is 31.6 Å². The van der Waals surface area contributed by atoms with Gasteiger partial charge in [0.1, 0.15) is 51.7 Å². The summed E-state index contributed by atoms with van der Waals surface area (Å²) < 4.78 is 67.1. The topological polar surface area (TPSA) is 316 Å². The van der Waals surface area contributed by atoms with E-state index >= 15 is 8.42 Å². The van der Waals surface area contributed by atoms with Crippen LogP contribution in [0, 0.1) is 0 Å². The molecule has 12 rings (SSSR count). The molecule has 0 radical (unpaired) electrons. The number of ketones is 2. The van der Waals surface area contributed by atoms with E-state index in [1.165, 1.54) is 52.7 Å². The van der Waals surface area contributed by atoms with Crippen molar-refractivity contribution in [3.63, 3.8) is 0 Å². The van der Waals surface area contributed by atoms with Gasteiger partial charge in [-0.25, -0.2) is 23.0 Å². The van der Waals surface area contributed by atoms with Crippen molar-refractivity contribution in [1.82, 2.24) is 10.6 Å². The number of rotatable bonds is 28. The number of benzene rings is 10. The molecule has 9 aromatic carbocycles. The van der Waals surface area contributed by atoms with Crippen LogP contribution in [0.3, 0.4) is 0 Å². The van der Waals surface area contributed by atoms with Gasteiger partial charge >= 0.3 is 12.1 Å². The molecule has 0 saturated heterocycles. The second kappa shape index (κ2) is 33.2. The van der Waals surface area contributed by atoms with Crippen LogP contribution in [0.4, 0.5) is 38.0 Å². The monoisotopic (exact) mass is 1480 g/mol. The normalized spacial score (nSPS) is 12.0. The standard InChI is InChI=1S/C86H80N6O16S/c1-9-13-59(93)37-51-17-33-71(79(41-51)105-7)89-55-23-29-67-77(45-55)108-78-46-56(90-72-34-18-52(42-80(72)106-8)38-60(94)14-10-2)24-30-68(78)82(67)64-32-26-62(48-70(64)84(97)98)109(101,102)61-25-31-63(69(47-61)83(95)96)81-65-27-15-49(35-53-19-21-57(43-73(53)103-5)91-85(99)87-11-3)39-75(65)107-76-40-50(16-28-66(76)81)36-54-20-22-58(44-74(54)104-6)92-86(100)88-12-4/h15-35,39-48,89H,9-14,36-38H2,1-8H3,(H,95,96)(H,97,98)(H2,87,91,99)(H2,88,92,100)/p-1/b49-35+,90-56?. The second-order valence-electron chi connectivity index (χ2n) is 26.0. The van der Waals surface area contributed by atoms with Crippen LogP contribution in [0.25, 0.3) is 45.1 Å². The van der Waals surface area contributed by atoms with Gasteiger partial charge in [0.15, 0.2) is 5.75 Å². The smallest absolute Gasteiger partial charge is 0.319 e. The SMILES string of the molecule is CCCC(=O)Cc1ccc(Nc2ccc3c(-c4ccc(S(=O)(=O)c5ccc(C6=c7cc/c(=C\c8ccc(NC(=O)NCC)cc8OC)cc7Oc7cc(Cc8ccc(NC(=O)NCC)cc8OC)ccc76)c(C(=O)[O-])c5)cc4C(=O)[O-])c4ccc(=[NH+]c5ccc(CC(=O)CCC)cc5OC)cc-4oc3c2)c(OC)c1. The molecular weight excluding hydrogens is 1410 g/mol. The summed E-state index contributed by atoms with van der Waals surface area (Å²) in [6, 6.07) is 49.1. The lowest BCUT2D eigenvalue weighted by atomic mass is 9.88. The van der Waals surface area contributed by atoms with Gasteiger partial charge in [-0.15, -0.1) is 0 Å². The highest BCUT2D eigenvalue weighted by Crippen LogP contribution is 2.45. The summed E-state index contributed by atoms with van der Waals surface area (Å²) >= 11 is 0. The lowest BCUT2D eigenvalue weighted by Crippen LogP contribution is -2.70. The molecule has 0 fully saturated rings. The van der Waals surface area contributed by atoms with Crippen LogP contribution in [0.2, 0.25) is 0 Å². The molecule has 0 unspecified atom stereocenters. The van der Waals surface area contributed by atoms with Crippen molar-refractivity contribution in [1.29, 1.82) is 0 Å². The number of aromatic carboxylic acids is 2. The summed E-state index contributed by atoms with van der Waals surface area (Å²) in [6.45, 7) is 8.36. The highest BCUT2D eigenvalue weighted by Gasteiger charge is 2.29. The van der Waals surface area contributed by atoms with Crippen molar-refractivity contribution in [2.75, 3.05) is 57.5 Å². The number of Topliss-reactive ketones (excluding diaryl/α,β-unsaturated/α-hetero) is 2. The van der Waals surface area contributed by atoms with Crippen molar-refractivity contribution >= 4 is 96.5 Å². The Labute approximate surface area is 629 Å². The molecule has 0 bridgehead atoms. The fraction of sp³-hybridized carbons (Fsp3) is 0.198. The zero-order valence-electron chi connectivity index (χ0n) is 61.2. The Bertz CT molecular complexity index is 5750. The zero-order chi connectivity index (χ0) is 77.2. The number of urea groups is 2. The minimum absolute atomic E-state index is 0.0593. The molecule has 0 aromatic heterocycles. The molecule has 23 heteroatoms. The summed E-state index contributed by atoms with van der Waals surface area (Å²) in [7, 11) is 1.29. The Morgan fingerprint density at radius 3 is 1.74 bits per heavy atom. The van der Waals surface area contributed by atoms with Gasteiger partial charge < -0.3 is 74.5 Å². The fourth-order valence-electron chi connectivity index (χ4n) is 13.4. The second-order valence-corrected chi connectivity index (χ2v) is 27.9. The first-order chi connectivity index (χ1) is 52.6. The number of amides is 4. The molecule has 3 aliphatic rings. The molecule has 9 aromatic rings. The van der Waals surface area contributed by atoms with Crippen molar-refractivity contribution in [3.8, 4) is 56.9 Å². The molecule has 0 saturated carbocycles. The van der Waals surface area contributed by atoms with Gasteiger partial charge in [0.2, 0.25) is 20.9 Å². The van der Waals surface area contributed by atoms with Gasteiger partial charge in [-0.05, 0) is 168 Å². The summed E-state index contributed by atoms with van der Waals surface area (Å²) in [5.74, 6) is -0.452. The molecule has 0 spiro atoms. The van der Waals surface area contributed by atoms with E-state index in [-0.39, 0.29) is 58.9 Å². The number of carboxylic acids is 2. The van der Waals surface area contributed by atoms with E-state index in [1.54, 1.807) is 110 Å². The lowest BCUT2D eigenvalue weighted by molar-refractivity contribution is -0.403. The van der Waals surface area contributed by atoms with Gasteiger partial charge in [-0.3, -0.25) is 9.59 Å². The molecule has 0 atom stereocenters. The maximum absolute atomic E-state index is 15.2. The Balaban J connectivity index is 0.957. The quantitative estimate of drug-likeness (QED) is 0.0248. The van der Waals surface area contributed by atoms with Crippen LogP contribution in [0.15, 0.2) is 196 Å². The largest absolute Gasteiger partial charge is 0.545 e. The number of anilines is 4. The molecule has 2 heterocycles. The fourth-order valence-corrected chi connectivity index (χ4v) is 14.7. The van der Waals surface area contributed by atoms with Gasteiger partial charge in [-0.1, -0.05) is 62.4 Å².